The summed E-state index contributed by atoms with van der Waals surface area (Å²) < 4.78 is 10.5. The monoisotopic (exact) mass is 347 g/mol. The Kier molecular flexibility index (Phi) is 5.50. The van der Waals surface area contributed by atoms with Crippen LogP contribution in [-0.2, 0) is 11.3 Å². The van der Waals surface area contributed by atoms with Crippen molar-refractivity contribution in [2.45, 2.75) is 39.3 Å². The Morgan fingerprint density at radius 1 is 1.44 bits per heavy atom. The number of nitrogens with zero attached hydrogens (tertiary/aromatic N) is 4. The Balaban J connectivity index is 1.39. The number of rotatable bonds is 7. The van der Waals surface area contributed by atoms with E-state index in [1.165, 1.54) is 0 Å². The van der Waals surface area contributed by atoms with E-state index in [1.807, 2.05) is 6.92 Å². The second-order valence-electron chi connectivity index (χ2n) is 6.64. The highest BCUT2D eigenvalue weighted by Crippen LogP contribution is 2.17. The number of hydrogen-bond acceptors (Lipinski definition) is 7. The summed E-state index contributed by atoms with van der Waals surface area (Å²) in [6, 6.07) is 2.16. The van der Waals surface area contributed by atoms with Crippen LogP contribution in [0.2, 0.25) is 0 Å². The van der Waals surface area contributed by atoms with Crippen LogP contribution in [0.1, 0.15) is 30.3 Å². The molecule has 136 valence electrons. The van der Waals surface area contributed by atoms with Crippen LogP contribution < -0.4 is 5.32 Å². The van der Waals surface area contributed by atoms with E-state index in [-0.39, 0.29) is 5.91 Å². The predicted molar refractivity (Wildman–Crippen MR) is 92.0 cm³/mol. The van der Waals surface area contributed by atoms with Crippen LogP contribution in [0.5, 0.6) is 0 Å². The van der Waals surface area contributed by atoms with Crippen molar-refractivity contribution in [3.63, 3.8) is 0 Å². The van der Waals surface area contributed by atoms with E-state index in [4.69, 9.17) is 8.94 Å². The molecule has 8 heteroatoms. The molecule has 0 aromatic carbocycles. The number of carbonyl (C=O) groups excluding carboxylic acids is 1. The normalized spacial score (nSPS) is 18.2. The van der Waals surface area contributed by atoms with Crippen molar-refractivity contribution < 1.29 is 13.7 Å². The van der Waals surface area contributed by atoms with Gasteiger partial charge in [0.25, 0.3) is 0 Å². The first kappa shape index (κ1) is 17.6. The molecule has 1 aliphatic rings. The van der Waals surface area contributed by atoms with E-state index in [9.17, 15) is 4.79 Å². The first-order valence-electron chi connectivity index (χ1n) is 8.56. The third kappa shape index (κ3) is 4.90. The number of amides is 1. The lowest BCUT2D eigenvalue weighted by Crippen LogP contribution is -2.35. The minimum atomic E-state index is -0.0413. The maximum Gasteiger partial charge on any atom is 0.226 e. The average Bonchev–Trinajstić information content (AvgIpc) is 3.28. The molecule has 2 aromatic heterocycles. The van der Waals surface area contributed by atoms with Gasteiger partial charge < -0.3 is 19.2 Å². The van der Waals surface area contributed by atoms with Crippen molar-refractivity contribution >= 4 is 11.7 Å². The molecule has 1 fully saturated rings. The largest absolute Gasteiger partial charge is 0.445 e. The zero-order chi connectivity index (χ0) is 17.8. The van der Waals surface area contributed by atoms with E-state index in [0.29, 0.717) is 30.6 Å². The van der Waals surface area contributed by atoms with Gasteiger partial charge in [0.2, 0.25) is 11.8 Å². The smallest absolute Gasteiger partial charge is 0.226 e. The number of oxazole rings is 1. The second-order valence-corrected chi connectivity index (χ2v) is 6.64. The van der Waals surface area contributed by atoms with Gasteiger partial charge in [-0.3, -0.25) is 9.69 Å². The summed E-state index contributed by atoms with van der Waals surface area (Å²) in [4.78, 5) is 20.8. The highest BCUT2D eigenvalue weighted by atomic mass is 16.5. The van der Waals surface area contributed by atoms with Crippen molar-refractivity contribution in [2.24, 2.45) is 0 Å². The Morgan fingerprint density at radius 2 is 2.28 bits per heavy atom. The van der Waals surface area contributed by atoms with Gasteiger partial charge in [-0.25, -0.2) is 4.98 Å². The third-order valence-corrected chi connectivity index (χ3v) is 4.48. The molecule has 8 nitrogen and oxygen atoms in total. The molecule has 0 unspecified atom stereocenters. The molecule has 3 heterocycles. The molecule has 2 aromatic rings. The summed E-state index contributed by atoms with van der Waals surface area (Å²) >= 11 is 0. The van der Waals surface area contributed by atoms with Crippen LogP contribution in [0.25, 0.3) is 0 Å². The maximum absolute atomic E-state index is 12.0. The van der Waals surface area contributed by atoms with Gasteiger partial charge in [-0.2, -0.15) is 0 Å². The Bertz CT molecular complexity index is 711. The van der Waals surface area contributed by atoms with E-state index < -0.39 is 0 Å². The predicted octanol–water partition coefficient (Wildman–Crippen LogP) is 1.81. The van der Waals surface area contributed by atoms with E-state index in [0.717, 1.165) is 37.7 Å². The lowest BCUT2D eigenvalue weighted by atomic mass is 10.2. The van der Waals surface area contributed by atoms with Crippen LogP contribution in [-0.4, -0.2) is 58.6 Å². The van der Waals surface area contributed by atoms with E-state index in [1.54, 1.807) is 19.2 Å². The SMILES string of the molecule is Cc1cc(NC(=O)CCN2CC[C@@H](N(C)Cc3ncc(C)o3)C2)no1. The molecule has 1 amide bonds. The zero-order valence-electron chi connectivity index (χ0n) is 15.0. The number of nitrogens with one attached hydrogen (secondary N) is 1. The van der Waals surface area contributed by atoms with Gasteiger partial charge in [-0.1, -0.05) is 5.16 Å². The highest BCUT2D eigenvalue weighted by Gasteiger charge is 2.26. The standard InChI is InChI=1S/C17H25N5O3/c1-12-8-15(20-25-12)19-16(23)5-7-22-6-4-14(10-22)21(3)11-17-18-9-13(2)24-17/h8-9,14H,4-7,10-11H2,1-3H3,(H,19,20,23)/t14-/m1/s1. The van der Waals surface area contributed by atoms with E-state index >= 15 is 0 Å². The van der Waals surface area contributed by atoms with Crippen molar-refractivity contribution in [3.8, 4) is 0 Å². The zero-order valence-corrected chi connectivity index (χ0v) is 15.0. The minimum absolute atomic E-state index is 0.0413. The third-order valence-electron chi connectivity index (χ3n) is 4.48. The van der Waals surface area contributed by atoms with E-state index in [2.05, 4.69) is 32.3 Å². The number of hydrogen-bond donors (Lipinski definition) is 1. The number of anilines is 1. The Morgan fingerprint density at radius 3 is 2.96 bits per heavy atom. The molecular weight excluding hydrogens is 322 g/mol. The second kappa shape index (κ2) is 7.79. The summed E-state index contributed by atoms with van der Waals surface area (Å²) in [6.45, 7) is 7.09. The molecule has 3 rings (SSSR count). The van der Waals surface area contributed by atoms with Crippen LogP contribution in [0.4, 0.5) is 5.82 Å². The Hall–Kier alpha value is -2.19. The van der Waals surface area contributed by atoms with Crippen LogP contribution in [0.15, 0.2) is 21.2 Å². The quantitative estimate of drug-likeness (QED) is 0.817. The summed E-state index contributed by atoms with van der Waals surface area (Å²) in [6.07, 6.45) is 3.28. The first-order valence-corrected chi connectivity index (χ1v) is 8.56. The van der Waals surface area contributed by atoms with Crippen LogP contribution in [0.3, 0.4) is 0 Å². The summed E-state index contributed by atoms with van der Waals surface area (Å²) in [7, 11) is 2.09. The molecule has 0 saturated carbocycles. The fourth-order valence-corrected chi connectivity index (χ4v) is 3.08. The van der Waals surface area contributed by atoms with Crippen LogP contribution >= 0.6 is 0 Å². The van der Waals surface area contributed by atoms with Crippen LogP contribution in [0, 0.1) is 13.8 Å². The molecule has 0 bridgehead atoms. The number of aromatic nitrogens is 2. The molecule has 0 radical (unpaired) electrons. The number of likely N-dealkylation sites (N-methyl/N-ethyl adjacent to an activating group) is 1. The van der Waals surface area contributed by atoms with Crippen molar-refractivity contribution in [3.05, 3.63) is 29.7 Å². The van der Waals surface area contributed by atoms with Crippen molar-refractivity contribution in [1.29, 1.82) is 0 Å². The van der Waals surface area contributed by atoms with Gasteiger partial charge in [-0.15, -0.1) is 0 Å². The van der Waals surface area contributed by atoms with Crippen molar-refractivity contribution in [1.82, 2.24) is 19.9 Å². The van der Waals surface area contributed by atoms with Crippen molar-refractivity contribution in [2.75, 3.05) is 32.0 Å². The molecule has 25 heavy (non-hydrogen) atoms. The maximum atomic E-state index is 12.0. The first-order chi connectivity index (χ1) is 12.0. The van der Waals surface area contributed by atoms with Gasteiger partial charge in [0.1, 0.15) is 11.5 Å². The molecule has 0 spiro atoms. The Labute approximate surface area is 147 Å². The lowest BCUT2D eigenvalue weighted by molar-refractivity contribution is -0.116. The number of aryl methyl sites for hydroxylation is 2. The highest BCUT2D eigenvalue weighted by molar-refractivity contribution is 5.89. The number of likely N-dealkylation sites (tertiary alicyclic amines) is 1. The molecule has 1 aliphatic heterocycles. The minimum Gasteiger partial charge on any atom is -0.445 e. The average molecular weight is 347 g/mol. The van der Waals surface area contributed by atoms with Gasteiger partial charge in [0, 0.05) is 31.6 Å². The van der Waals surface area contributed by atoms with Gasteiger partial charge in [0.05, 0.1) is 12.7 Å². The van der Waals surface area contributed by atoms with Gasteiger partial charge in [-0.05, 0) is 33.9 Å². The van der Waals surface area contributed by atoms with Gasteiger partial charge in [0.15, 0.2) is 5.82 Å². The summed E-state index contributed by atoms with van der Waals surface area (Å²) in [5.41, 5.74) is 0. The lowest BCUT2D eigenvalue weighted by Gasteiger charge is -2.23. The molecule has 1 atom stereocenters. The fourth-order valence-electron chi connectivity index (χ4n) is 3.08. The summed E-state index contributed by atoms with van der Waals surface area (Å²) in [5, 5.41) is 6.52. The molecule has 0 aliphatic carbocycles. The molecular formula is C17H25N5O3. The molecule has 1 N–H and O–H groups in total. The van der Waals surface area contributed by atoms with Gasteiger partial charge >= 0.3 is 0 Å². The summed E-state index contributed by atoms with van der Waals surface area (Å²) in [5.74, 6) is 2.70. The fraction of sp³-hybridized carbons (Fsp3) is 0.588. The topological polar surface area (TPSA) is 87.6 Å². The number of carbonyl (C=O) groups is 1. The molecule has 1 saturated heterocycles.